The van der Waals surface area contributed by atoms with Crippen molar-refractivity contribution in [2.45, 2.75) is 13.5 Å². The quantitative estimate of drug-likeness (QED) is 0.738. The van der Waals surface area contributed by atoms with Crippen molar-refractivity contribution in [1.29, 1.82) is 0 Å². The van der Waals surface area contributed by atoms with Gasteiger partial charge in [-0.15, -0.1) is 0 Å². The first-order valence-corrected chi connectivity index (χ1v) is 6.96. The SMILES string of the molecule is Cc1ccc(Cn2c(=O)cc(C(=O)[O-])c3ccccc32)cc1. The normalized spacial score (nSPS) is 10.8. The van der Waals surface area contributed by atoms with Gasteiger partial charge >= 0.3 is 0 Å². The molecule has 2 aromatic carbocycles. The third kappa shape index (κ3) is 2.51. The van der Waals surface area contributed by atoms with Crippen molar-refractivity contribution in [3.05, 3.63) is 81.6 Å². The van der Waals surface area contributed by atoms with Gasteiger partial charge in [-0.05, 0) is 18.6 Å². The summed E-state index contributed by atoms with van der Waals surface area (Å²) in [4.78, 5) is 23.5. The van der Waals surface area contributed by atoms with Gasteiger partial charge in [0.1, 0.15) is 0 Å². The molecule has 1 heterocycles. The van der Waals surface area contributed by atoms with Crippen molar-refractivity contribution in [3.8, 4) is 0 Å². The predicted molar refractivity (Wildman–Crippen MR) is 82.8 cm³/mol. The summed E-state index contributed by atoms with van der Waals surface area (Å²) in [5.41, 5.74) is 2.31. The maximum absolute atomic E-state index is 12.3. The molecule has 0 aliphatic heterocycles. The molecule has 0 unspecified atom stereocenters. The highest BCUT2D eigenvalue weighted by Crippen LogP contribution is 2.17. The number of para-hydroxylation sites is 1. The van der Waals surface area contributed by atoms with Gasteiger partial charge in [-0.3, -0.25) is 4.79 Å². The van der Waals surface area contributed by atoms with Crippen LogP contribution < -0.4 is 10.7 Å². The second-order valence-electron chi connectivity index (χ2n) is 5.27. The lowest BCUT2D eigenvalue weighted by Crippen LogP contribution is -2.28. The molecule has 0 saturated heterocycles. The second-order valence-corrected chi connectivity index (χ2v) is 5.27. The Labute approximate surface area is 127 Å². The average molecular weight is 292 g/mol. The van der Waals surface area contributed by atoms with Crippen molar-refractivity contribution in [2.24, 2.45) is 0 Å². The second kappa shape index (κ2) is 5.48. The molecule has 4 heteroatoms. The number of aryl methyl sites for hydroxylation is 1. The van der Waals surface area contributed by atoms with E-state index >= 15 is 0 Å². The van der Waals surface area contributed by atoms with Gasteiger partial charge in [-0.25, -0.2) is 0 Å². The Morgan fingerprint density at radius 1 is 1.09 bits per heavy atom. The van der Waals surface area contributed by atoms with E-state index in [9.17, 15) is 14.7 Å². The van der Waals surface area contributed by atoms with Crippen LogP contribution in [-0.2, 0) is 6.54 Å². The summed E-state index contributed by atoms with van der Waals surface area (Å²) in [5.74, 6) is -1.34. The highest BCUT2D eigenvalue weighted by atomic mass is 16.4. The molecule has 0 spiro atoms. The molecule has 0 fully saturated rings. The van der Waals surface area contributed by atoms with Crippen LogP contribution in [0.1, 0.15) is 21.5 Å². The zero-order valence-electron chi connectivity index (χ0n) is 12.1. The number of carbonyl (C=O) groups is 1. The van der Waals surface area contributed by atoms with E-state index in [1.807, 2.05) is 31.2 Å². The first kappa shape index (κ1) is 14.1. The Morgan fingerprint density at radius 3 is 2.45 bits per heavy atom. The number of hydrogen-bond donors (Lipinski definition) is 0. The molecule has 0 saturated carbocycles. The van der Waals surface area contributed by atoms with E-state index in [0.717, 1.165) is 17.2 Å². The Bertz CT molecular complexity index is 908. The lowest BCUT2D eigenvalue weighted by molar-refractivity contribution is -0.254. The zero-order chi connectivity index (χ0) is 15.7. The number of carbonyl (C=O) groups excluding carboxylic acids is 1. The van der Waals surface area contributed by atoms with Crippen molar-refractivity contribution in [3.63, 3.8) is 0 Å². The van der Waals surface area contributed by atoms with Crippen molar-refractivity contribution in [2.75, 3.05) is 0 Å². The molecule has 0 amide bonds. The fraction of sp³-hybridized carbons (Fsp3) is 0.111. The molecule has 0 atom stereocenters. The van der Waals surface area contributed by atoms with Gasteiger partial charge < -0.3 is 14.5 Å². The molecule has 3 aromatic rings. The van der Waals surface area contributed by atoms with Crippen LogP contribution in [0, 0.1) is 6.92 Å². The Hall–Kier alpha value is -2.88. The molecule has 22 heavy (non-hydrogen) atoms. The van der Waals surface area contributed by atoms with E-state index in [-0.39, 0.29) is 11.1 Å². The molecular formula is C18H14NO3-. The number of fused-ring (bicyclic) bond motifs is 1. The van der Waals surface area contributed by atoms with Gasteiger partial charge in [-0.1, -0.05) is 48.0 Å². The van der Waals surface area contributed by atoms with E-state index in [1.165, 1.54) is 0 Å². The number of aromatic carboxylic acids is 1. The number of nitrogens with zero attached hydrogens (tertiary/aromatic N) is 1. The van der Waals surface area contributed by atoms with Crippen LogP contribution in [0.4, 0.5) is 0 Å². The first-order valence-electron chi connectivity index (χ1n) is 6.96. The molecule has 0 radical (unpaired) electrons. The van der Waals surface area contributed by atoms with E-state index in [1.54, 1.807) is 28.8 Å². The number of rotatable bonds is 3. The minimum atomic E-state index is -1.34. The maximum atomic E-state index is 12.3. The Balaban J connectivity index is 2.20. The van der Waals surface area contributed by atoms with Crippen LogP contribution in [0.2, 0.25) is 0 Å². The fourth-order valence-electron chi connectivity index (χ4n) is 2.54. The van der Waals surface area contributed by atoms with Crippen molar-refractivity contribution >= 4 is 16.9 Å². The van der Waals surface area contributed by atoms with Crippen LogP contribution in [-0.4, -0.2) is 10.5 Å². The highest BCUT2D eigenvalue weighted by molar-refractivity contribution is 6.01. The van der Waals surface area contributed by atoms with Gasteiger partial charge in [0.15, 0.2) is 0 Å². The van der Waals surface area contributed by atoms with E-state index < -0.39 is 5.97 Å². The predicted octanol–water partition coefficient (Wildman–Crippen LogP) is 1.72. The Kier molecular flexibility index (Phi) is 3.51. The van der Waals surface area contributed by atoms with E-state index in [0.29, 0.717) is 17.4 Å². The minimum absolute atomic E-state index is 0.0687. The topological polar surface area (TPSA) is 62.1 Å². The maximum Gasteiger partial charge on any atom is 0.251 e. The highest BCUT2D eigenvalue weighted by Gasteiger charge is 2.09. The zero-order valence-corrected chi connectivity index (χ0v) is 12.1. The molecule has 110 valence electrons. The van der Waals surface area contributed by atoms with Crippen LogP contribution >= 0.6 is 0 Å². The first-order chi connectivity index (χ1) is 10.6. The van der Waals surface area contributed by atoms with E-state index in [4.69, 9.17) is 0 Å². The fourth-order valence-corrected chi connectivity index (χ4v) is 2.54. The molecule has 1 aromatic heterocycles. The number of carboxylic acid groups (broad SMARTS) is 1. The lowest BCUT2D eigenvalue weighted by Gasteiger charge is -2.14. The molecule has 0 aliphatic rings. The number of benzene rings is 2. The van der Waals surface area contributed by atoms with Gasteiger partial charge in [0, 0.05) is 17.0 Å². The summed E-state index contributed by atoms with van der Waals surface area (Å²) in [5, 5.41) is 11.7. The number of aromatic nitrogens is 1. The summed E-state index contributed by atoms with van der Waals surface area (Å²) < 4.78 is 1.58. The molecule has 0 aliphatic carbocycles. The molecular weight excluding hydrogens is 278 g/mol. The third-order valence-corrected chi connectivity index (χ3v) is 3.70. The molecule has 3 rings (SSSR count). The molecule has 0 N–H and O–H groups in total. The van der Waals surface area contributed by atoms with Crippen LogP contribution in [0.25, 0.3) is 10.9 Å². The van der Waals surface area contributed by atoms with Crippen LogP contribution in [0.15, 0.2) is 59.4 Å². The summed E-state index contributed by atoms with van der Waals surface area (Å²) in [6.07, 6.45) is 0. The van der Waals surface area contributed by atoms with Gasteiger partial charge in [0.25, 0.3) is 5.56 Å². The largest absolute Gasteiger partial charge is 0.545 e. The summed E-state index contributed by atoms with van der Waals surface area (Å²) in [7, 11) is 0. The van der Waals surface area contributed by atoms with Gasteiger partial charge in [0.2, 0.25) is 0 Å². The summed E-state index contributed by atoms with van der Waals surface area (Å²) in [6, 6.07) is 16.0. The molecule has 4 nitrogen and oxygen atoms in total. The van der Waals surface area contributed by atoms with Crippen LogP contribution in [0.3, 0.4) is 0 Å². The third-order valence-electron chi connectivity index (χ3n) is 3.70. The van der Waals surface area contributed by atoms with Crippen molar-refractivity contribution < 1.29 is 9.90 Å². The average Bonchev–Trinajstić information content (AvgIpc) is 2.51. The lowest BCUT2D eigenvalue weighted by atomic mass is 10.1. The Morgan fingerprint density at radius 2 is 1.77 bits per heavy atom. The van der Waals surface area contributed by atoms with Crippen molar-refractivity contribution in [1.82, 2.24) is 4.57 Å². The van der Waals surface area contributed by atoms with Crippen LogP contribution in [0.5, 0.6) is 0 Å². The number of hydrogen-bond acceptors (Lipinski definition) is 3. The monoisotopic (exact) mass is 292 g/mol. The van der Waals surface area contributed by atoms with Gasteiger partial charge in [-0.2, -0.15) is 0 Å². The standard InChI is InChI=1S/C18H15NO3/c1-12-6-8-13(9-7-12)11-19-16-5-3-2-4-14(16)15(18(21)22)10-17(19)20/h2-10H,11H2,1H3,(H,21,22)/p-1. The summed E-state index contributed by atoms with van der Waals surface area (Å²) in [6.45, 7) is 2.40. The van der Waals surface area contributed by atoms with Gasteiger partial charge in [0.05, 0.1) is 18.0 Å². The molecule has 0 bridgehead atoms. The van der Waals surface area contributed by atoms with E-state index in [2.05, 4.69) is 0 Å². The smallest absolute Gasteiger partial charge is 0.251 e. The number of pyridine rings is 1. The number of carboxylic acids is 1. The minimum Gasteiger partial charge on any atom is -0.545 e. The summed E-state index contributed by atoms with van der Waals surface area (Å²) >= 11 is 0.